The van der Waals surface area contributed by atoms with Gasteiger partial charge in [0.2, 0.25) is 0 Å². The second-order valence-electron chi connectivity index (χ2n) is 7.83. The minimum Gasteiger partial charge on any atom is -0.495 e. The third kappa shape index (κ3) is 7.13. The largest absolute Gasteiger partial charge is 0.495 e. The number of ether oxygens (including phenoxy) is 2. The maximum absolute atomic E-state index is 12.6. The van der Waals surface area contributed by atoms with Crippen LogP contribution >= 0.6 is 0 Å². The van der Waals surface area contributed by atoms with Crippen molar-refractivity contribution in [3.63, 3.8) is 0 Å². The van der Waals surface area contributed by atoms with Crippen molar-refractivity contribution in [1.82, 2.24) is 5.32 Å². The van der Waals surface area contributed by atoms with Crippen LogP contribution in [0.3, 0.4) is 0 Å². The summed E-state index contributed by atoms with van der Waals surface area (Å²) in [5, 5.41) is 5.42. The van der Waals surface area contributed by atoms with Crippen LogP contribution < -0.4 is 15.4 Å². The lowest BCUT2D eigenvalue weighted by molar-refractivity contribution is -0.149. The molecule has 0 saturated carbocycles. The number of methoxy groups -OCH3 is 1. The molecule has 0 bridgehead atoms. The van der Waals surface area contributed by atoms with E-state index < -0.39 is 24.5 Å². The Labute approximate surface area is 183 Å². The third-order valence-corrected chi connectivity index (χ3v) is 4.66. The summed E-state index contributed by atoms with van der Waals surface area (Å²) >= 11 is 0. The fourth-order valence-corrected chi connectivity index (χ4v) is 3.09. The quantitative estimate of drug-likeness (QED) is 0.597. The molecule has 0 aliphatic heterocycles. The molecule has 0 heterocycles. The van der Waals surface area contributed by atoms with Crippen LogP contribution in [0.5, 0.6) is 5.75 Å². The first-order valence-corrected chi connectivity index (χ1v) is 10.2. The summed E-state index contributed by atoms with van der Waals surface area (Å²) in [6, 6.07) is 11.7. The van der Waals surface area contributed by atoms with E-state index in [1.54, 1.807) is 24.3 Å². The average Bonchev–Trinajstić information content (AvgIpc) is 2.71. The van der Waals surface area contributed by atoms with E-state index in [1.165, 1.54) is 7.11 Å². The normalized spacial score (nSPS) is 11.5. The van der Waals surface area contributed by atoms with E-state index in [4.69, 9.17) is 9.47 Å². The van der Waals surface area contributed by atoms with Gasteiger partial charge in [0, 0.05) is 5.56 Å². The topological polar surface area (TPSA) is 93.7 Å². The molecule has 2 rings (SSSR count). The fraction of sp³-hybridized carbons (Fsp3) is 0.375. The lowest BCUT2D eigenvalue weighted by atomic mass is 10.0. The van der Waals surface area contributed by atoms with E-state index in [2.05, 4.69) is 10.6 Å². The zero-order valence-electron chi connectivity index (χ0n) is 18.7. The molecule has 0 aromatic heterocycles. The second kappa shape index (κ2) is 11.2. The molecular weight excluding hydrogens is 396 g/mol. The van der Waals surface area contributed by atoms with E-state index in [0.29, 0.717) is 23.4 Å². The van der Waals surface area contributed by atoms with Crippen molar-refractivity contribution in [2.75, 3.05) is 19.0 Å². The summed E-state index contributed by atoms with van der Waals surface area (Å²) < 4.78 is 10.4. The van der Waals surface area contributed by atoms with Crippen LogP contribution in [-0.4, -0.2) is 37.5 Å². The van der Waals surface area contributed by atoms with E-state index in [0.717, 1.165) is 11.1 Å². The predicted molar refractivity (Wildman–Crippen MR) is 119 cm³/mol. The molecule has 0 radical (unpaired) electrons. The van der Waals surface area contributed by atoms with Crippen molar-refractivity contribution < 1.29 is 23.9 Å². The smallest absolute Gasteiger partial charge is 0.329 e. The summed E-state index contributed by atoms with van der Waals surface area (Å²) in [6.07, 6.45) is 0.393. The van der Waals surface area contributed by atoms with Crippen molar-refractivity contribution in [3.05, 3.63) is 59.2 Å². The highest BCUT2D eigenvalue weighted by molar-refractivity contribution is 5.98. The lowest BCUT2D eigenvalue weighted by Gasteiger charge is -2.20. The first kappa shape index (κ1) is 23.9. The number of carbonyl (C=O) groups excluding carboxylic acids is 3. The van der Waals surface area contributed by atoms with Crippen LogP contribution in [0, 0.1) is 19.8 Å². The number of aryl methyl sites for hydroxylation is 2. The molecule has 1 atom stereocenters. The Balaban J connectivity index is 2.00. The fourth-order valence-electron chi connectivity index (χ4n) is 3.09. The summed E-state index contributed by atoms with van der Waals surface area (Å²) in [5.41, 5.74) is 2.75. The van der Waals surface area contributed by atoms with Gasteiger partial charge in [0.15, 0.2) is 6.61 Å². The van der Waals surface area contributed by atoms with Crippen LogP contribution in [0.15, 0.2) is 42.5 Å². The van der Waals surface area contributed by atoms with Gasteiger partial charge in [-0.2, -0.15) is 0 Å². The van der Waals surface area contributed by atoms with Gasteiger partial charge in [-0.15, -0.1) is 0 Å². The molecule has 2 aromatic rings. The summed E-state index contributed by atoms with van der Waals surface area (Å²) in [5.74, 6) is -0.851. The molecule has 2 amide bonds. The molecule has 0 unspecified atom stereocenters. The monoisotopic (exact) mass is 426 g/mol. The Morgan fingerprint density at radius 1 is 1.03 bits per heavy atom. The molecule has 7 nitrogen and oxygen atoms in total. The molecule has 0 aliphatic carbocycles. The van der Waals surface area contributed by atoms with Crippen molar-refractivity contribution in [2.45, 2.75) is 40.2 Å². The Hall–Kier alpha value is -3.35. The number of carbonyl (C=O) groups is 3. The van der Waals surface area contributed by atoms with E-state index in [9.17, 15) is 14.4 Å². The highest BCUT2D eigenvalue weighted by Gasteiger charge is 2.25. The molecule has 0 saturated heterocycles. The lowest BCUT2D eigenvalue weighted by Crippen LogP contribution is -2.43. The molecule has 31 heavy (non-hydrogen) atoms. The zero-order chi connectivity index (χ0) is 23.0. The number of anilines is 1. The van der Waals surface area contributed by atoms with Crippen LogP contribution in [0.25, 0.3) is 0 Å². The second-order valence-corrected chi connectivity index (χ2v) is 7.83. The Morgan fingerprint density at radius 3 is 2.39 bits per heavy atom. The first-order valence-electron chi connectivity index (χ1n) is 10.2. The van der Waals surface area contributed by atoms with Crippen LogP contribution in [-0.2, 0) is 14.3 Å². The van der Waals surface area contributed by atoms with Gasteiger partial charge in [-0.05, 0) is 55.5 Å². The summed E-state index contributed by atoms with van der Waals surface area (Å²) in [4.78, 5) is 37.6. The van der Waals surface area contributed by atoms with Crippen LogP contribution in [0.1, 0.15) is 41.8 Å². The Bertz CT molecular complexity index is 939. The molecule has 166 valence electrons. The summed E-state index contributed by atoms with van der Waals surface area (Å²) in [6.45, 7) is 7.13. The highest BCUT2D eigenvalue weighted by atomic mass is 16.5. The first-order chi connectivity index (χ1) is 14.7. The Kier molecular flexibility index (Phi) is 8.61. The van der Waals surface area contributed by atoms with E-state index >= 15 is 0 Å². The van der Waals surface area contributed by atoms with Crippen LogP contribution in [0.2, 0.25) is 0 Å². The number of amides is 2. The minimum atomic E-state index is -0.853. The third-order valence-electron chi connectivity index (χ3n) is 4.66. The molecule has 0 fully saturated rings. The number of benzene rings is 2. The standard InChI is InChI=1S/C24H30N2O5/c1-15(2)12-20(26-23(28)18-9-7-6-8-17(18)4)24(29)31-14-22(27)25-19-13-16(3)10-11-21(19)30-5/h6-11,13,15,20H,12,14H2,1-5H3,(H,25,27)(H,26,28)/t20-/m1/s1. The van der Waals surface area contributed by atoms with Gasteiger partial charge < -0.3 is 20.1 Å². The van der Waals surface area contributed by atoms with Gasteiger partial charge in [0.25, 0.3) is 11.8 Å². The van der Waals surface area contributed by atoms with Crippen molar-refractivity contribution >= 4 is 23.5 Å². The number of nitrogens with one attached hydrogen (secondary N) is 2. The van der Waals surface area contributed by atoms with Crippen LogP contribution in [0.4, 0.5) is 5.69 Å². The molecule has 2 aromatic carbocycles. The minimum absolute atomic E-state index is 0.139. The zero-order valence-corrected chi connectivity index (χ0v) is 18.7. The van der Waals surface area contributed by atoms with Gasteiger partial charge in [0.05, 0.1) is 12.8 Å². The summed E-state index contributed by atoms with van der Waals surface area (Å²) in [7, 11) is 1.51. The maximum atomic E-state index is 12.6. The number of esters is 1. The van der Waals surface area contributed by atoms with Gasteiger partial charge in [0.1, 0.15) is 11.8 Å². The molecule has 2 N–H and O–H groups in total. The predicted octanol–water partition coefficient (Wildman–Crippen LogP) is 3.64. The highest BCUT2D eigenvalue weighted by Crippen LogP contribution is 2.25. The number of rotatable bonds is 9. The van der Waals surface area contributed by atoms with Gasteiger partial charge in [-0.25, -0.2) is 4.79 Å². The SMILES string of the molecule is COc1ccc(C)cc1NC(=O)COC(=O)[C@@H](CC(C)C)NC(=O)c1ccccc1C. The van der Waals surface area contributed by atoms with Crippen molar-refractivity contribution in [3.8, 4) is 5.75 Å². The Morgan fingerprint density at radius 2 is 1.74 bits per heavy atom. The molecule has 0 spiro atoms. The van der Waals surface area contributed by atoms with Gasteiger partial charge >= 0.3 is 5.97 Å². The number of hydrogen-bond donors (Lipinski definition) is 2. The average molecular weight is 427 g/mol. The van der Waals surface area contributed by atoms with Crippen molar-refractivity contribution in [2.24, 2.45) is 5.92 Å². The molecule has 7 heteroatoms. The molecular formula is C24H30N2O5. The van der Waals surface area contributed by atoms with E-state index in [1.807, 2.05) is 45.9 Å². The maximum Gasteiger partial charge on any atom is 0.329 e. The van der Waals surface area contributed by atoms with Gasteiger partial charge in [-0.3, -0.25) is 9.59 Å². The van der Waals surface area contributed by atoms with Crippen molar-refractivity contribution in [1.29, 1.82) is 0 Å². The molecule has 0 aliphatic rings. The van der Waals surface area contributed by atoms with Gasteiger partial charge in [-0.1, -0.05) is 38.1 Å². The van der Waals surface area contributed by atoms with E-state index in [-0.39, 0.29) is 11.8 Å². The number of hydrogen-bond acceptors (Lipinski definition) is 5.